The van der Waals surface area contributed by atoms with Crippen molar-refractivity contribution in [1.29, 1.82) is 0 Å². The van der Waals surface area contributed by atoms with Gasteiger partial charge in [0.2, 0.25) is 5.91 Å². The van der Waals surface area contributed by atoms with Crippen LogP contribution in [0.3, 0.4) is 0 Å². The molecule has 1 fully saturated rings. The normalized spacial score (nSPS) is 16.1. The van der Waals surface area contributed by atoms with E-state index in [4.69, 9.17) is 9.47 Å². The van der Waals surface area contributed by atoms with Crippen molar-refractivity contribution in [3.63, 3.8) is 0 Å². The first-order chi connectivity index (χ1) is 12.6. The molecule has 7 nitrogen and oxygen atoms in total. The zero-order valence-electron chi connectivity index (χ0n) is 14.8. The number of esters is 1. The molecule has 8 heteroatoms. The van der Waals surface area contributed by atoms with Gasteiger partial charge in [-0.05, 0) is 31.9 Å². The highest BCUT2D eigenvalue weighted by atomic mass is 32.2. The molecular weight excluding hydrogens is 356 g/mol. The minimum absolute atomic E-state index is 0.141. The van der Waals surface area contributed by atoms with E-state index in [1.807, 2.05) is 12.1 Å². The van der Waals surface area contributed by atoms with E-state index in [2.05, 4.69) is 10.6 Å². The lowest BCUT2D eigenvalue weighted by atomic mass is 10.2. The van der Waals surface area contributed by atoms with Gasteiger partial charge in [0.15, 0.2) is 6.61 Å². The molecule has 1 aliphatic heterocycles. The molecule has 0 radical (unpaired) electrons. The number of amides is 2. The van der Waals surface area contributed by atoms with Gasteiger partial charge in [0.05, 0.1) is 18.2 Å². The zero-order valence-corrected chi connectivity index (χ0v) is 15.6. The van der Waals surface area contributed by atoms with E-state index in [1.54, 1.807) is 30.8 Å². The molecule has 1 saturated heterocycles. The smallest absolute Gasteiger partial charge is 0.339 e. The molecule has 0 aliphatic carbocycles. The van der Waals surface area contributed by atoms with Gasteiger partial charge in [0.1, 0.15) is 0 Å². The Morgan fingerprint density at radius 1 is 1.23 bits per heavy atom. The quantitative estimate of drug-likeness (QED) is 0.496. The molecule has 1 aliphatic rings. The Balaban J connectivity index is 1.81. The van der Waals surface area contributed by atoms with Gasteiger partial charge in [-0.2, -0.15) is 0 Å². The summed E-state index contributed by atoms with van der Waals surface area (Å²) in [7, 11) is 0. The van der Waals surface area contributed by atoms with Crippen molar-refractivity contribution in [3.05, 3.63) is 29.8 Å². The minimum Gasteiger partial charge on any atom is -0.452 e. The summed E-state index contributed by atoms with van der Waals surface area (Å²) < 4.78 is 10.7. The Kier molecular flexibility index (Phi) is 8.43. The van der Waals surface area contributed by atoms with Gasteiger partial charge in [-0.1, -0.05) is 12.1 Å². The number of likely N-dealkylation sites (N-methyl/N-ethyl adjacent to an activating group) is 1. The molecular formula is C18H24N2O5S. The SMILES string of the molecule is CCNC(=O)CNC(=O)COC(=O)c1ccccc1SC[C@H]1CCCO1. The summed E-state index contributed by atoms with van der Waals surface area (Å²) in [5, 5.41) is 4.96. The van der Waals surface area contributed by atoms with Crippen molar-refractivity contribution < 1.29 is 23.9 Å². The molecule has 2 rings (SSSR count). The molecule has 1 aromatic rings. The molecule has 1 heterocycles. The molecule has 0 bridgehead atoms. The summed E-state index contributed by atoms with van der Waals surface area (Å²) in [5.41, 5.74) is 0.423. The minimum atomic E-state index is -0.561. The van der Waals surface area contributed by atoms with Crippen LogP contribution >= 0.6 is 11.8 Å². The van der Waals surface area contributed by atoms with Gasteiger partial charge in [0.25, 0.3) is 5.91 Å². The monoisotopic (exact) mass is 380 g/mol. The average molecular weight is 380 g/mol. The van der Waals surface area contributed by atoms with Crippen LogP contribution in [0.15, 0.2) is 29.2 Å². The first-order valence-electron chi connectivity index (χ1n) is 8.64. The molecule has 2 N–H and O–H groups in total. The largest absolute Gasteiger partial charge is 0.452 e. The first-order valence-corrected chi connectivity index (χ1v) is 9.62. The van der Waals surface area contributed by atoms with Crippen LogP contribution in [0.2, 0.25) is 0 Å². The number of carbonyl (C=O) groups excluding carboxylic acids is 3. The number of thioether (sulfide) groups is 1. The van der Waals surface area contributed by atoms with Gasteiger partial charge >= 0.3 is 5.97 Å². The lowest BCUT2D eigenvalue weighted by Gasteiger charge is -2.12. The predicted molar refractivity (Wildman–Crippen MR) is 98.1 cm³/mol. The van der Waals surface area contributed by atoms with Crippen LogP contribution < -0.4 is 10.6 Å². The Morgan fingerprint density at radius 2 is 2.04 bits per heavy atom. The fourth-order valence-corrected chi connectivity index (χ4v) is 3.53. The van der Waals surface area contributed by atoms with Crippen molar-refractivity contribution in [2.24, 2.45) is 0 Å². The second-order valence-electron chi connectivity index (χ2n) is 5.75. The van der Waals surface area contributed by atoms with E-state index in [0.29, 0.717) is 12.1 Å². The van der Waals surface area contributed by atoms with Crippen molar-refractivity contribution in [1.82, 2.24) is 10.6 Å². The summed E-state index contributed by atoms with van der Waals surface area (Å²) in [6, 6.07) is 7.13. The Labute approximate surface area is 157 Å². The first kappa shape index (κ1) is 20.3. The second kappa shape index (κ2) is 10.8. The highest BCUT2D eigenvalue weighted by molar-refractivity contribution is 7.99. The third-order valence-corrected chi connectivity index (χ3v) is 4.92. The highest BCUT2D eigenvalue weighted by Crippen LogP contribution is 2.27. The molecule has 1 aromatic carbocycles. The van der Waals surface area contributed by atoms with Crippen molar-refractivity contribution >= 4 is 29.5 Å². The highest BCUT2D eigenvalue weighted by Gasteiger charge is 2.19. The molecule has 26 heavy (non-hydrogen) atoms. The summed E-state index contributed by atoms with van der Waals surface area (Å²) >= 11 is 1.55. The average Bonchev–Trinajstić information content (AvgIpc) is 3.17. The summed E-state index contributed by atoms with van der Waals surface area (Å²) in [6.45, 7) is 2.50. The van der Waals surface area contributed by atoms with Crippen LogP contribution in [0, 0.1) is 0 Å². The molecule has 1 atom stereocenters. The van der Waals surface area contributed by atoms with Gasteiger partial charge in [-0.25, -0.2) is 4.79 Å². The third-order valence-electron chi connectivity index (χ3n) is 3.71. The number of ether oxygens (including phenoxy) is 2. The van der Waals surface area contributed by atoms with Gasteiger partial charge in [-0.15, -0.1) is 11.8 Å². The summed E-state index contributed by atoms with van der Waals surface area (Å²) in [6.07, 6.45) is 2.32. The van der Waals surface area contributed by atoms with Crippen LogP contribution in [0.1, 0.15) is 30.1 Å². The van der Waals surface area contributed by atoms with E-state index in [1.165, 1.54) is 0 Å². The Morgan fingerprint density at radius 3 is 2.77 bits per heavy atom. The lowest BCUT2D eigenvalue weighted by molar-refractivity contribution is -0.127. The maximum absolute atomic E-state index is 12.3. The number of carbonyl (C=O) groups is 3. The number of nitrogens with one attached hydrogen (secondary N) is 2. The molecule has 0 unspecified atom stereocenters. The number of rotatable bonds is 9. The fourth-order valence-electron chi connectivity index (χ4n) is 2.42. The van der Waals surface area contributed by atoms with E-state index in [0.717, 1.165) is 30.1 Å². The second-order valence-corrected chi connectivity index (χ2v) is 6.81. The summed E-state index contributed by atoms with van der Waals surface area (Å²) in [4.78, 5) is 36.1. The topological polar surface area (TPSA) is 93.7 Å². The molecule has 2 amide bonds. The van der Waals surface area contributed by atoms with Crippen LogP contribution in [-0.2, 0) is 19.1 Å². The lowest BCUT2D eigenvalue weighted by Crippen LogP contribution is -2.38. The predicted octanol–water partition coefficient (Wildman–Crippen LogP) is 1.37. The Bertz CT molecular complexity index is 632. The fraction of sp³-hybridized carbons (Fsp3) is 0.500. The van der Waals surface area contributed by atoms with Crippen LogP contribution in [0.25, 0.3) is 0 Å². The molecule has 0 spiro atoms. The van der Waals surface area contributed by atoms with Crippen molar-refractivity contribution in [2.45, 2.75) is 30.8 Å². The van der Waals surface area contributed by atoms with Crippen molar-refractivity contribution in [2.75, 3.05) is 32.1 Å². The van der Waals surface area contributed by atoms with Crippen LogP contribution in [0.4, 0.5) is 0 Å². The van der Waals surface area contributed by atoms with E-state index in [-0.39, 0.29) is 18.6 Å². The molecule has 142 valence electrons. The number of hydrogen-bond donors (Lipinski definition) is 2. The van der Waals surface area contributed by atoms with Crippen LogP contribution in [0.5, 0.6) is 0 Å². The Hall–Kier alpha value is -2.06. The number of hydrogen-bond acceptors (Lipinski definition) is 6. The standard InChI is InChI=1S/C18H24N2O5S/c1-2-19-16(21)10-20-17(22)11-25-18(23)14-7-3-4-8-15(14)26-12-13-6-5-9-24-13/h3-4,7-8,13H,2,5-6,9-12H2,1H3,(H,19,21)(H,20,22)/t13-/m1/s1. The van der Waals surface area contributed by atoms with E-state index >= 15 is 0 Å². The number of benzene rings is 1. The van der Waals surface area contributed by atoms with E-state index in [9.17, 15) is 14.4 Å². The van der Waals surface area contributed by atoms with Gasteiger partial charge in [0, 0.05) is 23.8 Å². The van der Waals surface area contributed by atoms with Gasteiger partial charge in [-0.3, -0.25) is 9.59 Å². The van der Waals surface area contributed by atoms with E-state index < -0.39 is 18.5 Å². The summed E-state index contributed by atoms with van der Waals surface area (Å²) in [5.74, 6) is -0.595. The maximum Gasteiger partial charge on any atom is 0.339 e. The van der Waals surface area contributed by atoms with Crippen molar-refractivity contribution in [3.8, 4) is 0 Å². The maximum atomic E-state index is 12.3. The zero-order chi connectivity index (χ0) is 18.8. The molecule has 0 aromatic heterocycles. The van der Waals surface area contributed by atoms with Gasteiger partial charge < -0.3 is 20.1 Å². The third kappa shape index (κ3) is 6.68. The van der Waals surface area contributed by atoms with Crippen LogP contribution in [-0.4, -0.2) is 55.9 Å². The molecule has 0 saturated carbocycles.